The van der Waals surface area contributed by atoms with Gasteiger partial charge in [-0.3, -0.25) is 19.0 Å². The van der Waals surface area contributed by atoms with E-state index in [4.69, 9.17) is 11.6 Å². The van der Waals surface area contributed by atoms with E-state index < -0.39 is 11.5 Å². The van der Waals surface area contributed by atoms with Crippen molar-refractivity contribution in [1.29, 1.82) is 0 Å². The summed E-state index contributed by atoms with van der Waals surface area (Å²) < 4.78 is 1.29. The largest absolute Gasteiger partial charge is 0.352 e. The number of carbonyl (C=O) groups excluding carboxylic acids is 2. The number of likely N-dealkylation sites (tertiary alicyclic amines) is 1. The molecule has 2 aromatic rings. The summed E-state index contributed by atoms with van der Waals surface area (Å²) in [5.74, 6) is -0.0615. The first-order valence-electron chi connectivity index (χ1n) is 11.7. The van der Waals surface area contributed by atoms with Gasteiger partial charge in [-0.05, 0) is 56.9 Å². The Labute approximate surface area is 200 Å². The van der Waals surface area contributed by atoms with Crippen LogP contribution >= 0.6 is 11.6 Å². The molecule has 178 valence electrons. The van der Waals surface area contributed by atoms with Crippen molar-refractivity contribution >= 4 is 23.3 Å². The predicted molar refractivity (Wildman–Crippen MR) is 131 cm³/mol. The Morgan fingerprint density at radius 3 is 2.64 bits per heavy atom. The number of hydrogen-bond acceptors (Lipinski definition) is 5. The molecule has 0 radical (unpaired) electrons. The van der Waals surface area contributed by atoms with E-state index in [0.717, 1.165) is 26.1 Å². The van der Waals surface area contributed by atoms with Crippen LogP contribution in [-0.2, 0) is 11.3 Å². The maximum absolute atomic E-state index is 13.3. The Balaban J connectivity index is 1.77. The minimum atomic E-state index is -0.523. The maximum Gasteiger partial charge on any atom is 0.267 e. The van der Waals surface area contributed by atoms with E-state index in [1.54, 1.807) is 24.3 Å². The van der Waals surface area contributed by atoms with Gasteiger partial charge < -0.3 is 10.2 Å². The highest BCUT2D eigenvalue weighted by Gasteiger charge is 2.20. The molecule has 33 heavy (non-hydrogen) atoms. The molecule has 1 aliphatic heterocycles. The normalized spacial score (nSPS) is 14.4. The smallest absolute Gasteiger partial charge is 0.267 e. The lowest BCUT2D eigenvalue weighted by atomic mass is 10.1. The second kappa shape index (κ2) is 12.1. The highest BCUT2D eigenvalue weighted by atomic mass is 35.5. The number of hydrogen-bond donors (Lipinski definition) is 1. The summed E-state index contributed by atoms with van der Waals surface area (Å²) in [7, 11) is 0. The number of halogens is 1. The van der Waals surface area contributed by atoms with Crippen molar-refractivity contribution in [2.75, 3.05) is 26.2 Å². The number of rotatable bonds is 10. The Kier molecular flexibility index (Phi) is 9.21. The summed E-state index contributed by atoms with van der Waals surface area (Å²) >= 11 is 6.12. The zero-order valence-electron chi connectivity index (χ0n) is 19.5. The molecule has 1 aliphatic rings. The van der Waals surface area contributed by atoms with Gasteiger partial charge in [0.25, 0.3) is 11.5 Å². The zero-order chi connectivity index (χ0) is 23.8. The van der Waals surface area contributed by atoms with Crippen molar-refractivity contribution in [3.63, 3.8) is 0 Å². The van der Waals surface area contributed by atoms with Crippen LogP contribution in [-0.4, -0.2) is 52.3 Å². The van der Waals surface area contributed by atoms with Crippen molar-refractivity contribution in [2.24, 2.45) is 5.92 Å². The molecule has 3 rings (SSSR count). The summed E-state index contributed by atoms with van der Waals surface area (Å²) in [6.07, 6.45) is 6.20. The Morgan fingerprint density at radius 2 is 1.94 bits per heavy atom. The van der Waals surface area contributed by atoms with Crippen molar-refractivity contribution in [2.45, 2.75) is 52.5 Å². The molecule has 8 heteroatoms. The first kappa shape index (κ1) is 25.1. The van der Waals surface area contributed by atoms with Gasteiger partial charge in [0.2, 0.25) is 0 Å². The SMILES string of the molecule is CC(C)CC(=O)Cn1c(-c2cccc(Cl)c2)ncc(C(=O)NCCCN2CCCCC2)c1=O. The number of ketones is 1. The number of carbonyl (C=O) groups is 2. The summed E-state index contributed by atoms with van der Waals surface area (Å²) in [5, 5.41) is 3.33. The van der Waals surface area contributed by atoms with Crippen molar-refractivity contribution in [1.82, 2.24) is 19.8 Å². The highest BCUT2D eigenvalue weighted by Crippen LogP contribution is 2.20. The third-order valence-corrected chi connectivity index (χ3v) is 5.97. The molecule has 1 aromatic heterocycles. The number of piperidine rings is 1. The number of Topliss-reactive ketones (excluding diaryl/α,β-unsaturated/α-hetero) is 1. The molecule has 1 amide bonds. The number of benzene rings is 1. The summed E-state index contributed by atoms with van der Waals surface area (Å²) in [4.78, 5) is 45.4. The van der Waals surface area contributed by atoms with Crippen LogP contribution in [0, 0.1) is 5.92 Å². The molecule has 0 bridgehead atoms. The fraction of sp³-hybridized carbons (Fsp3) is 0.520. The monoisotopic (exact) mass is 472 g/mol. The molecule has 0 atom stereocenters. The van der Waals surface area contributed by atoms with Gasteiger partial charge in [0, 0.05) is 29.7 Å². The molecule has 0 spiro atoms. The van der Waals surface area contributed by atoms with Crippen LogP contribution < -0.4 is 10.9 Å². The van der Waals surface area contributed by atoms with Crippen LogP contribution in [0.25, 0.3) is 11.4 Å². The fourth-order valence-electron chi connectivity index (χ4n) is 4.13. The molecule has 1 fully saturated rings. The van der Waals surface area contributed by atoms with E-state index in [9.17, 15) is 14.4 Å². The standard InChI is InChI=1S/C25H33ClN4O3/c1-18(2)14-21(31)17-30-23(19-8-6-9-20(26)15-19)28-16-22(25(30)33)24(32)27-10-7-13-29-11-4-3-5-12-29/h6,8-9,15-16,18H,3-5,7,10-14,17H2,1-2H3,(H,27,32). The molecule has 0 saturated carbocycles. The van der Waals surface area contributed by atoms with E-state index in [2.05, 4.69) is 15.2 Å². The van der Waals surface area contributed by atoms with Gasteiger partial charge in [0.1, 0.15) is 11.4 Å². The van der Waals surface area contributed by atoms with Crippen molar-refractivity contribution in [3.05, 3.63) is 51.4 Å². The van der Waals surface area contributed by atoms with Gasteiger partial charge in [0.15, 0.2) is 5.78 Å². The van der Waals surface area contributed by atoms with Crippen molar-refractivity contribution in [3.8, 4) is 11.4 Å². The third kappa shape index (κ3) is 7.24. The van der Waals surface area contributed by atoms with Gasteiger partial charge in [-0.25, -0.2) is 4.98 Å². The molecule has 1 N–H and O–H groups in total. The fourth-order valence-corrected chi connectivity index (χ4v) is 4.32. The number of aromatic nitrogens is 2. The van der Waals surface area contributed by atoms with E-state index in [1.165, 1.54) is 30.0 Å². The second-order valence-electron chi connectivity index (χ2n) is 9.05. The quantitative estimate of drug-likeness (QED) is 0.532. The summed E-state index contributed by atoms with van der Waals surface area (Å²) in [6.45, 7) is 7.39. The molecule has 7 nitrogen and oxygen atoms in total. The lowest BCUT2D eigenvalue weighted by molar-refractivity contribution is -0.120. The summed E-state index contributed by atoms with van der Waals surface area (Å²) in [6, 6.07) is 6.95. The van der Waals surface area contributed by atoms with Crippen LogP contribution in [0.15, 0.2) is 35.3 Å². The Morgan fingerprint density at radius 1 is 1.18 bits per heavy atom. The average molecular weight is 473 g/mol. The second-order valence-corrected chi connectivity index (χ2v) is 9.48. The Bertz CT molecular complexity index is 1030. The highest BCUT2D eigenvalue weighted by molar-refractivity contribution is 6.30. The average Bonchev–Trinajstić information content (AvgIpc) is 2.78. The minimum Gasteiger partial charge on any atom is -0.352 e. The first-order valence-corrected chi connectivity index (χ1v) is 12.1. The number of amides is 1. The van der Waals surface area contributed by atoms with Crippen LogP contribution in [0.5, 0.6) is 0 Å². The number of nitrogens with zero attached hydrogens (tertiary/aromatic N) is 3. The molecule has 0 aliphatic carbocycles. The molecule has 1 saturated heterocycles. The first-order chi connectivity index (χ1) is 15.8. The van der Waals surface area contributed by atoms with Gasteiger partial charge >= 0.3 is 0 Å². The topological polar surface area (TPSA) is 84.3 Å². The van der Waals surface area contributed by atoms with Crippen molar-refractivity contribution < 1.29 is 9.59 Å². The summed E-state index contributed by atoms with van der Waals surface area (Å²) in [5.41, 5.74) is 0.0344. The van der Waals surface area contributed by atoms with Crippen LogP contribution in [0.4, 0.5) is 0 Å². The van der Waals surface area contributed by atoms with E-state index in [1.807, 2.05) is 13.8 Å². The molecular weight excluding hydrogens is 440 g/mol. The van der Waals surface area contributed by atoms with Gasteiger partial charge in [0.05, 0.1) is 6.54 Å². The van der Waals surface area contributed by atoms with Gasteiger partial charge in [-0.2, -0.15) is 0 Å². The van der Waals surface area contributed by atoms with Crippen LogP contribution in [0.1, 0.15) is 56.3 Å². The van der Waals surface area contributed by atoms with Gasteiger partial charge in [-0.15, -0.1) is 0 Å². The van der Waals surface area contributed by atoms with E-state index in [-0.39, 0.29) is 23.8 Å². The van der Waals surface area contributed by atoms with Gasteiger partial charge in [-0.1, -0.05) is 44.0 Å². The molecule has 1 aromatic carbocycles. The molecule has 2 heterocycles. The van der Waals surface area contributed by atoms with E-state index >= 15 is 0 Å². The lowest BCUT2D eigenvalue weighted by Gasteiger charge is -2.26. The van der Waals surface area contributed by atoms with E-state index in [0.29, 0.717) is 29.4 Å². The minimum absolute atomic E-state index is 0.0592. The lowest BCUT2D eigenvalue weighted by Crippen LogP contribution is -2.37. The van der Waals surface area contributed by atoms with Crippen LogP contribution in [0.2, 0.25) is 5.02 Å². The zero-order valence-corrected chi connectivity index (χ0v) is 20.2. The molecular formula is C25H33ClN4O3. The predicted octanol–water partition coefficient (Wildman–Crippen LogP) is 3.78. The third-order valence-electron chi connectivity index (χ3n) is 5.73. The maximum atomic E-state index is 13.3. The van der Waals surface area contributed by atoms with Crippen LogP contribution in [0.3, 0.4) is 0 Å². The molecule has 0 unspecified atom stereocenters. The Hall–Kier alpha value is -2.51. The number of nitrogens with one attached hydrogen (secondary N) is 1.